The largest absolute Gasteiger partial charge is 0.383 e. The molecule has 3 heterocycles. The van der Waals surface area contributed by atoms with E-state index in [4.69, 9.17) is 5.73 Å². The highest BCUT2D eigenvalue weighted by molar-refractivity contribution is 5.87. The average molecular weight is 251 g/mol. The van der Waals surface area contributed by atoms with Crippen LogP contribution in [0, 0.1) is 0 Å². The van der Waals surface area contributed by atoms with Crippen molar-refractivity contribution >= 4 is 5.82 Å². The third kappa shape index (κ3) is 1.95. The minimum atomic E-state index is 0.625. The van der Waals surface area contributed by atoms with Crippen molar-refractivity contribution in [1.82, 2.24) is 19.7 Å². The van der Waals surface area contributed by atoms with Gasteiger partial charge in [0.05, 0.1) is 5.56 Å². The number of anilines is 1. The lowest BCUT2D eigenvalue weighted by Crippen LogP contribution is -1.98. The SMILES string of the molecule is Cn1nc(-c2ccncc2)c(-c2cccnc2)c1N. The zero-order valence-corrected chi connectivity index (χ0v) is 10.5. The zero-order valence-electron chi connectivity index (χ0n) is 10.5. The van der Waals surface area contributed by atoms with Crippen LogP contribution in [0.1, 0.15) is 0 Å². The summed E-state index contributed by atoms with van der Waals surface area (Å²) in [5.74, 6) is 0.625. The van der Waals surface area contributed by atoms with Crippen LogP contribution in [-0.2, 0) is 7.05 Å². The van der Waals surface area contributed by atoms with Gasteiger partial charge in [-0.3, -0.25) is 14.6 Å². The van der Waals surface area contributed by atoms with E-state index < -0.39 is 0 Å². The van der Waals surface area contributed by atoms with Crippen LogP contribution >= 0.6 is 0 Å². The number of pyridine rings is 2. The maximum absolute atomic E-state index is 6.13. The van der Waals surface area contributed by atoms with E-state index in [-0.39, 0.29) is 0 Å². The summed E-state index contributed by atoms with van der Waals surface area (Å²) in [5, 5.41) is 4.49. The summed E-state index contributed by atoms with van der Waals surface area (Å²) < 4.78 is 1.68. The number of hydrogen-bond donors (Lipinski definition) is 1. The van der Waals surface area contributed by atoms with Crippen molar-refractivity contribution in [2.24, 2.45) is 7.05 Å². The molecule has 3 rings (SSSR count). The highest BCUT2D eigenvalue weighted by Gasteiger charge is 2.17. The molecule has 0 aliphatic rings. The normalized spacial score (nSPS) is 10.6. The van der Waals surface area contributed by atoms with Crippen LogP contribution in [0.25, 0.3) is 22.4 Å². The molecule has 0 bridgehead atoms. The fourth-order valence-electron chi connectivity index (χ4n) is 2.04. The molecular formula is C14H13N5. The van der Waals surface area contributed by atoms with E-state index in [9.17, 15) is 0 Å². The van der Waals surface area contributed by atoms with Crippen LogP contribution in [0.2, 0.25) is 0 Å². The van der Waals surface area contributed by atoms with Gasteiger partial charge in [0.1, 0.15) is 11.5 Å². The Kier molecular flexibility index (Phi) is 2.72. The molecule has 0 saturated heterocycles. The Morgan fingerprint density at radius 2 is 1.79 bits per heavy atom. The van der Waals surface area contributed by atoms with Crippen LogP contribution in [0.15, 0.2) is 49.1 Å². The first-order valence-corrected chi connectivity index (χ1v) is 5.90. The lowest BCUT2D eigenvalue weighted by Gasteiger charge is -2.03. The van der Waals surface area contributed by atoms with Crippen LogP contribution in [0.5, 0.6) is 0 Å². The summed E-state index contributed by atoms with van der Waals surface area (Å²) in [7, 11) is 1.83. The minimum absolute atomic E-state index is 0.625. The summed E-state index contributed by atoms with van der Waals surface area (Å²) in [4.78, 5) is 8.17. The second-order valence-electron chi connectivity index (χ2n) is 4.21. The van der Waals surface area contributed by atoms with Gasteiger partial charge < -0.3 is 5.73 Å². The van der Waals surface area contributed by atoms with Crippen molar-refractivity contribution in [2.45, 2.75) is 0 Å². The summed E-state index contributed by atoms with van der Waals surface area (Å²) in [6.07, 6.45) is 7.01. The maximum atomic E-state index is 6.13. The first kappa shape index (κ1) is 11.4. The van der Waals surface area contributed by atoms with Gasteiger partial charge in [0, 0.05) is 43.0 Å². The average Bonchev–Trinajstić information content (AvgIpc) is 2.77. The number of nitrogens with zero attached hydrogens (tertiary/aromatic N) is 4. The fourth-order valence-corrected chi connectivity index (χ4v) is 2.04. The number of nitrogens with two attached hydrogens (primary N) is 1. The molecule has 5 nitrogen and oxygen atoms in total. The van der Waals surface area contributed by atoms with E-state index >= 15 is 0 Å². The highest BCUT2D eigenvalue weighted by atomic mass is 15.3. The minimum Gasteiger partial charge on any atom is -0.383 e. The van der Waals surface area contributed by atoms with Crippen molar-refractivity contribution in [2.75, 3.05) is 5.73 Å². The number of rotatable bonds is 2. The monoisotopic (exact) mass is 251 g/mol. The Hall–Kier alpha value is -2.69. The third-order valence-electron chi connectivity index (χ3n) is 3.00. The second kappa shape index (κ2) is 4.53. The van der Waals surface area contributed by atoms with Gasteiger partial charge in [0.25, 0.3) is 0 Å². The molecule has 0 aromatic carbocycles. The Balaban J connectivity index is 2.25. The molecule has 0 saturated carbocycles. The van der Waals surface area contributed by atoms with E-state index in [0.29, 0.717) is 5.82 Å². The molecule has 0 radical (unpaired) electrons. The molecule has 19 heavy (non-hydrogen) atoms. The second-order valence-corrected chi connectivity index (χ2v) is 4.21. The zero-order chi connectivity index (χ0) is 13.2. The lowest BCUT2D eigenvalue weighted by atomic mass is 10.0. The van der Waals surface area contributed by atoms with Crippen molar-refractivity contribution < 1.29 is 0 Å². The Bertz CT molecular complexity index is 689. The number of hydrogen-bond acceptors (Lipinski definition) is 4. The molecule has 0 spiro atoms. The molecule has 2 N–H and O–H groups in total. The molecule has 94 valence electrons. The molecule has 0 aliphatic carbocycles. The summed E-state index contributed by atoms with van der Waals surface area (Å²) >= 11 is 0. The summed E-state index contributed by atoms with van der Waals surface area (Å²) in [5.41, 5.74) is 9.82. The fraction of sp³-hybridized carbons (Fsp3) is 0.0714. The van der Waals surface area contributed by atoms with Crippen LogP contribution in [-0.4, -0.2) is 19.7 Å². The van der Waals surface area contributed by atoms with E-state index in [1.165, 1.54) is 0 Å². The van der Waals surface area contributed by atoms with Gasteiger partial charge in [-0.05, 0) is 18.2 Å². The van der Waals surface area contributed by atoms with Crippen molar-refractivity contribution in [1.29, 1.82) is 0 Å². The summed E-state index contributed by atoms with van der Waals surface area (Å²) in [6, 6.07) is 7.70. The number of aryl methyl sites for hydroxylation is 1. The van der Waals surface area contributed by atoms with Gasteiger partial charge in [-0.15, -0.1) is 0 Å². The van der Waals surface area contributed by atoms with Crippen molar-refractivity contribution in [3.63, 3.8) is 0 Å². The third-order valence-corrected chi connectivity index (χ3v) is 3.00. The molecule has 0 atom stereocenters. The lowest BCUT2D eigenvalue weighted by molar-refractivity contribution is 0.782. The smallest absolute Gasteiger partial charge is 0.129 e. The van der Waals surface area contributed by atoms with E-state index in [1.54, 1.807) is 29.5 Å². The molecular weight excluding hydrogens is 238 g/mol. The first-order valence-electron chi connectivity index (χ1n) is 5.90. The van der Waals surface area contributed by atoms with Gasteiger partial charge in [0.2, 0.25) is 0 Å². The quantitative estimate of drug-likeness (QED) is 0.757. The van der Waals surface area contributed by atoms with Gasteiger partial charge in [-0.2, -0.15) is 5.10 Å². The van der Waals surface area contributed by atoms with Gasteiger partial charge in [-0.1, -0.05) is 6.07 Å². The number of aromatic nitrogens is 4. The van der Waals surface area contributed by atoms with Gasteiger partial charge in [-0.25, -0.2) is 0 Å². The maximum Gasteiger partial charge on any atom is 0.129 e. The van der Waals surface area contributed by atoms with Gasteiger partial charge >= 0.3 is 0 Å². The molecule has 0 fully saturated rings. The Labute approximate surface area is 110 Å². The molecule has 3 aromatic rings. The van der Waals surface area contributed by atoms with Crippen LogP contribution in [0.4, 0.5) is 5.82 Å². The molecule has 5 heteroatoms. The number of nitrogen functional groups attached to an aromatic ring is 1. The molecule has 0 amide bonds. The Morgan fingerprint density at radius 1 is 1.00 bits per heavy atom. The van der Waals surface area contributed by atoms with Crippen LogP contribution in [0.3, 0.4) is 0 Å². The first-order chi connectivity index (χ1) is 9.27. The summed E-state index contributed by atoms with van der Waals surface area (Å²) in [6.45, 7) is 0. The molecule has 0 aliphatic heterocycles. The van der Waals surface area contributed by atoms with Crippen molar-refractivity contribution in [3.05, 3.63) is 49.1 Å². The van der Waals surface area contributed by atoms with E-state index in [0.717, 1.165) is 22.4 Å². The standard InChI is InChI=1S/C14H13N5/c1-19-14(15)12(11-3-2-6-17-9-11)13(18-19)10-4-7-16-8-5-10/h2-9H,15H2,1H3. The Morgan fingerprint density at radius 3 is 2.47 bits per heavy atom. The topological polar surface area (TPSA) is 69.6 Å². The predicted molar refractivity (Wildman–Crippen MR) is 74.1 cm³/mol. The van der Waals surface area contributed by atoms with Gasteiger partial charge in [0.15, 0.2) is 0 Å². The van der Waals surface area contributed by atoms with Crippen LogP contribution < -0.4 is 5.73 Å². The molecule has 0 unspecified atom stereocenters. The van der Waals surface area contributed by atoms with E-state index in [1.807, 2.05) is 31.3 Å². The van der Waals surface area contributed by atoms with E-state index in [2.05, 4.69) is 15.1 Å². The van der Waals surface area contributed by atoms with Crippen molar-refractivity contribution in [3.8, 4) is 22.4 Å². The highest BCUT2D eigenvalue weighted by Crippen LogP contribution is 2.34. The molecule has 3 aromatic heterocycles. The predicted octanol–water partition coefficient (Wildman–Crippen LogP) is 2.13.